The number of aliphatic imine (C=N–C) groups is 1. The van der Waals surface area contributed by atoms with Gasteiger partial charge in [-0.05, 0) is 31.6 Å². The summed E-state index contributed by atoms with van der Waals surface area (Å²) in [6.07, 6.45) is 1.52. The summed E-state index contributed by atoms with van der Waals surface area (Å²) in [4.78, 5) is 54.1. The molecule has 1 heterocycles. The number of carbonyl (C=O) groups excluding carboxylic acids is 3. The fourth-order valence-corrected chi connectivity index (χ4v) is 3.28. The molecule has 0 aromatic carbocycles. The van der Waals surface area contributed by atoms with Gasteiger partial charge in [0, 0.05) is 13.1 Å². The van der Waals surface area contributed by atoms with E-state index in [4.69, 9.17) is 17.2 Å². The highest BCUT2D eigenvalue weighted by atomic mass is 16.4. The molecule has 0 aliphatic carbocycles. The van der Waals surface area contributed by atoms with Crippen LogP contribution in [0.3, 0.4) is 0 Å². The van der Waals surface area contributed by atoms with Gasteiger partial charge in [0.15, 0.2) is 5.96 Å². The van der Waals surface area contributed by atoms with Crippen LogP contribution in [0, 0.1) is 5.92 Å². The molecule has 0 aromatic heterocycles. The van der Waals surface area contributed by atoms with Crippen molar-refractivity contribution < 1.29 is 24.3 Å². The van der Waals surface area contributed by atoms with Crippen molar-refractivity contribution in [3.63, 3.8) is 0 Å². The summed E-state index contributed by atoms with van der Waals surface area (Å²) < 4.78 is 0. The molecule has 0 aromatic rings. The summed E-state index contributed by atoms with van der Waals surface area (Å²) in [6, 6.07) is -2.78. The summed E-state index contributed by atoms with van der Waals surface area (Å²) in [5.41, 5.74) is 15.9. The smallest absolute Gasteiger partial charge is 0.326 e. The van der Waals surface area contributed by atoms with Crippen LogP contribution in [0.2, 0.25) is 0 Å². The average Bonchev–Trinajstić information content (AvgIpc) is 3.17. The number of likely N-dealkylation sites (tertiary alicyclic amines) is 1. The van der Waals surface area contributed by atoms with Gasteiger partial charge < -0.3 is 37.8 Å². The van der Waals surface area contributed by atoms with Gasteiger partial charge in [-0.2, -0.15) is 0 Å². The zero-order valence-corrected chi connectivity index (χ0v) is 17.5. The lowest BCUT2D eigenvalue weighted by molar-refractivity contribution is -0.149. The van der Waals surface area contributed by atoms with Gasteiger partial charge in [0.05, 0.1) is 6.54 Å². The van der Waals surface area contributed by atoms with E-state index in [1.54, 1.807) is 13.8 Å². The number of guanidine groups is 1. The van der Waals surface area contributed by atoms with Crippen molar-refractivity contribution in [3.8, 4) is 0 Å². The van der Waals surface area contributed by atoms with E-state index >= 15 is 0 Å². The van der Waals surface area contributed by atoms with E-state index in [1.165, 1.54) is 4.90 Å². The number of carboxylic acids is 1. The minimum atomic E-state index is -1.08. The minimum absolute atomic E-state index is 0.0863. The van der Waals surface area contributed by atoms with Gasteiger partial charge in [-0.1, -0.05) is 13.8 Å². The maximum absolute atomic E-state index is 13.1. The molecular weight excluding hydrogens is 394 g/mol. The number of hydrogen-bond acceptors (Lipinski definition) is 6. The zero-order valence-electron chi connectivity index (χ0n) is 17.5. The van der Waals surface area contributed by atoms with Crippen molar-refractivity contribution in [1.29, 1.82) is 0 Å². The number of nitrogens with one attached hydrogen (secondary N) is 2. The number of nitrogens with two attached hydrogens (primary N) is 3. The van der Waals surface area contributed by atoms with E-state index in [9.17, 15) is 24.3 Å². The van der Waals surface area contributed by atoms with Crippen LogP contribution in [0.1, 0.15) is 39.5 Å². The Morgan fingerprint density at radius 1 is 1.20 bits per heavy atom. The number of aliphatic carboxylic acids is 1. The molecule has 1 aliphatic rings. The Morgan fingerprint density at radius 3 is 2.40 bits per heavy atom. The lowest BCUT2D eigenvalue weighted by Gasteiger charge is -2.29. The summed E-state index contributed by atoms with van der Waals surface area (Å²) in [5, 5.41) is 14.6. The molecular formula is C18H33N7O5. The highest BCUT2D eigenvalue weighted by Gasteiger charge is 2.38. The Balaban J connectivity index is 2.97. The van der Waals surface area contributed by atoms with Crippen LogP contribution < -0.4 is 27.8 Å². The highest BCUT2D eigenvalue weighted by Crippen LogP contribution is 2.20. The second kappa shape index (κ2) is 12.0. The molecule has 0 radical (unpaired) electrons. The molecule has 1 fully saturated rings. The second-order valence-corrected chi connectivity index (χ2v) is 7.53. The molecule has 1 rings (SSSR count). The van der Waals surface area contributed by atoms with Crippen molar-refractivity contribution in [3.05, 3.63) is 0 Å². The predicted octanol–water partition coefficient (Wildman–Crippen LogP) is -2.30. The fraction of sp³-hybridized carbons (Fsp3) is 0.722. The summed E-state index contributed by atoms with van der Waals surface area (Å²) in [6.45, 7) is 3.77. The largest absolute Gasteiger partial charge is 0.480 e. The Kier molecular flexibility index (Phi) is 10.0. The third kappa shape index (κ3) is 7.50. The van der Waals surface area contributed by atoms with E-state index in [0.29, 0.717) is 25.8 Å². The maximum atomic E-state index is 13.1. The number of amides is 3. The van der Waals surface area contributed by atoms with Crippen LogP contribution in [0.5, 0.6) is 0 Å². The Bertz CT molecular complexity index is 663. The van der Waals surface area contributed by atoms with Gasteiger partial charge in [-0.25, -0.2) is 4.79 Å². The van der Waals surface area contributed by atoms with Gasteiger partial charge in [0.1, 0.15) is 18.1 Å². The van der Waals surface area contributed by atoms with Crippen molar-refractivity contribution >= 4 is 29.7 Å². The first-order valence-corrected chi connectivity index (χ1v) is 9.97. The summed E-state index contributed by atoms with van der Waals surface area (Å²) in [5.74, 6) is -2.94. The molecule has 170 valence electrons. The molecule has 3 atom stereocenters. The van der Waals surface area contributed by atoms with Gasteiger partial charge in [-0.3, -0.25) is 19.4 Å². The highest BCUT2D eigenvalue weighted by molar-refractivity contribution is 5.94. The molecule has 30 heavy (non-hydrogen) atoms. The van der Waals surface area contributed by atoms with Crippen LogP contribution in [-0.4, -0.2) is 77.4 Å². The van der Waals surface area contributed by atoms with Gasteiger partial charge in [-0.15, -0.1) is 0 Å². The molecule has 1 aliphatic heterocycles. The minimum Gasteiger partial charge on any atom is -0.480 e. The number of carboxylic acid groups (broad SMARTS) is 1. The molecule has 9 N–H and O–H groups in total. The zero-order chi connectivity index (χ0) is 22.8. The normalized spacial score (nSPS) is 17.9. The van der Waals surface area contributed by atoms with E-state index in [2.05, 4.69) is 15.6 Å². The van der Waals surface area contributed by atoms with Gasteiger partial charge in [0.25, 0.3) is 0 Å². The first-order chi connectivity index (χ1) is 14.1. The van der Waals surface area contributed by atoms with Crippen LogP contribution in [0.15, 0.2) is 4.99 Å². The second-order valence-electron chi connectivity index (χ2n) is 7.53. The number of carbonyl (C=O) groups is 4. The van der Waals surface area contributed by atoms with Crippen LogP contribution in [-0.2, 0) is 19.2 Å². The quantitative estimate of drug-likeness (QED) is 0.120. The lowest BCUT2D eigenvalue weighted by atomic mass is 10.0. The van der Waals surface area contributed by atoms with E-state index in [1.807, 2.05) is 0 Å². The van der Waals surface area contributed by atoms with Crippen LogP contribution in [0.4, 0.5) is 0 Å². The van der Waals surface area contributed by atoms with Crippen LogP contribution in [0.25, 0.3) is 0 Å². The first kappa shape index (κ1) is 25.1. The third-order valence-corrected chi connectivity index (χ3v) is 4.83. The van der Waals surface area contributed by atoms with Gasteiger partial charge in [0.2, 0.25) is 17.7 Å². The molecule has 3 amide bonds. The van der Waals surface area contributed by atoms with Crippen molar-refractivity contribution in [2.45, 2.75) is 57.7 Å². The van der Waals surface area contributed by atoms with E-state index < -0.39 is 41.8 Å². The predicted molar refractivity (Wildman–Crippen MR) is 110 cm³/mol. The Morgan fingerprint density at radius 2 is 1.87 bits per heavy atom. The number of nitrogens with zero attached hydrogens (tertiary/aromatic N) is 2. The van der Waals surface area contributed by atoms with Crippen molar-refractivity contribution in [1.82, 2.24) is 15.5 Å². The summed E-state index contributed by atoms with van der Waals surface area (Å²) >= 11 is 0. The van der Waals surface area contributed by atoms with E-state index in [0.717, 1.165) is 0 Å². The molecule has 0 spiro atoms. The molecule has 12 heteroatoms. The molecule has 3 unspecified atom stereocenters. The third-order valence-electron chi connectivity index (χ3n) is 4.83. The topological polar surface area (TPSA) is 206 Å². The van der Waals surface area contributed by atoms with Crippen LogP contribution >= 0.6 is 0 Å². The molecule has 1 saturated heterocycles. The van der Waals surface area contributed by atoms with Crippen molar-refractivity contribution in [2.75, 3.05) is 19.6 Å². The van der Waals surface area contributed by atoms with Gasteiger partial charge >= 0.3 is 5.97 Å². The fourth-order valence-electron chi connectivity index (χ4n) is 3.28. The Labute approximate surface area is 175 Å². The number of rotatable bonds is 11. The Hall–Kier alpha value is -2.89. The monoisotopic (exact) mass is 427 g/mol. The molecule has 0 saturated carbocycles. The summed E-state index contributed by atoms with van der Waals surface area (Å²) in [7, 11) is 0. The lowest BCUT2D eigenvalue weighted by Crippen LogP contribution is -2.57. The number of hydrogen-bond donors (Lipinski definition) is 6. The molecule has 0 bridgehead atoms. The first-order valence-electron chi connectivity index (χ1n) is 9.97. The molecule has 12 nitrogen and oxygen atoms in total. The standard InChI is InChI=1S/C18H33N7O5/c1-10(2)14(24-13(26)9-19)15(27)23-11(5-3-7-22-18(20)21)16(28)25-8-4-6-12(25)17(29)30/h10-12,14H,3-9,19H2,1-2H3,(H,23,27)(H,24,26)(H,29,30)(H4,20,21,22). The van der Waals surface area contributed by atoms with E-state index in [-0.39, 0.29) is 31.4 Å². The SMILES string of the molecule is CC(C)C(NC(=O)CN)C(=O)NC(CCCN=C(N)N)C(=O)N1CCCC1C(=O)O. The van der Waals surface area contributed by atoms with Crippen molar-refractivity contribution in [2.24, 2.45) is 28.1 Å². The maximum Gasteiger partial charge on any atom is 0.326 e. The average molecular weight is 428 g/mol.